The van der Waals surface area contributed by atoms with E-state index in [4.69, 9.17) is 11.6 Å². The first-order chi connectivity index (χ1) is 15.9. The Bertz CT molecular complexity index is 1320. The number of hydrogen-bond acceptors (Lipinski definition) is 6. The zero-order chi connectivity index (χ0) is 23.5. The maximum atomic E-state index is 11.8. The molecule has 2 aromatic carbocycles. The Labute approximate surface area is 196 Å². The summed E-state index contributed by atoms with van der Waals surface area (Å²) in [5.41, 5.74) is 6.76. The predicted octanol–water partition coefficient (Wildman–Crippen LogP) is 5.29. The Balaban J connectivity index is 1.58. The zero-order valence-corrected chi connectivity index (χ0v) is 19.5. The molecule has 0 aliphatic rings. The maximum absolute atomic E-state index is 11.8. The van der Waals surface area contributed by atoms with Crippen LogP contribution >= 0.6 is 11.6 Å². The SMILES string of the molecule is CNC(=O)c1ccc(-c2ccc(Nc3ncc(Cl)c(Nc4cc(C)[nH]n4)n3)c(C)c2C)cc1. The minimum atomic E-state index is -0.103. The summed E-state index contributed by atoms with van der Waals surface area (Å²) in [5.74, 6) is 1.40. The molecular weight excluding hydrogens is 438 g/mol. The van der Waals surface area contributed by atoms with Crippen LogP contribution in [0.3, 0.4) is 0 Å². The first-order valence-corrected chi connectivity index (χ1v) is 10.7. The second-order valence-corrected chi connectivity index (χ2v) is 8.05. The van der Waals surface area contributed by atoms with Gasteiger partial charge < -0.3 is 16.0 Å². The highest BCUT2D eigenvalue weighted by Gasteiger charge is 2.12. The summed E-state index contributed by atoms with van der Waals surface area (Å²) in [7, 11) is 1.62. The molecule has 0 atom stereocenters. The van der Waals surface area contributed by atoms with E-state index >= 15 is 0 Å². The summed E-state index contributed by atoms with van der Waals surface area (Å²) in [6.07, 6.45) is 1.54. The summed E-state index contributed by atoms with van der Waals surface area (Å²) in [4.78, 5) is 20.6. The fourth-order valence-electron chi connectivity index (χ4n) is 3.45. The van der Waals surface area contributed by atoms with Crippen LogP contribution in [0.15, 0.2) is 48.7 Å². The van der Waals surface area contributed by atoms with Crippen LogP contribution in [0.2, 0.25) is 5.02 Å². The second-order valence-electron chi connectivity index (χ2n) is 7.64. The van der Waals surface area contributed by atoms with Crippen molar-refractivity contribution >= 4 is 40.8 Å². The Hall–Kier alpha value is -3.91. The number of nitrogens with one attached hydrogen (secondary N) is 4. The van der Waals surface area contributed by atoms with Crippen LogP contribution in [0.25, 0.3) is 11.1 Å². The quantitative estimate of drug-likeness (QED) is 0.310. The summed E-state index contributed by atoms with van der Waals surface area (Å²) in [6, 6.07) is 13.5. The number of aryl methyl sites for hydroxylation is 1. The van der Waals surface area contributed by atoms with Gasteiger partial charge in [0.2, 0.25) is 5.95 Å². The minimum Gasteiger partial charge on any atom is -0.355 e. The summed E-state index contributed by atoms with van der Waals surface area (Å²) in [6.45, 7) is 6.03. The van der Waals surface area contributed by atoms with Crippen molar-refractivity contribution in [3.8, 4) is 11.1 Å². The average Bonchev–Trinajstić information content (AvgIpc) is 3.23. The zero-order valence-electron chi connectivity index (χ0n) is 18.7. The molecule has 0 aliphatic heterocycles. The largest absolute Gasteiger partial charge is 0.355 e. The molecular formula is C24H24ClN7O. The number of aromatic nitrogens is 4. The van der Waals surface area contributed by atoms with Gasteiger partial charge in [0.1, 0.15) is 5.02 Å². The van der Waals surface area contributed by atoms with Crippen molar-refractivity contribution in [3.05, 3.63) is 76.1 Å². The van der Waals surface area contributed by atoms with Gasteiger partial charge in [-0.3, -0.25) is 9.89 Å². The summed E-state index contributed by atoms with van der Waals surface area (Å²) < 4.78 is 0. The molecule has 0 spiro atoms. The smallest absolute Gasteiger partial charge is 0.251 e. The summed E-state index contributed by atoms with van der Waals surface area (Å²) >= 11 is 6.26. The third-order valence-electron chi connectivity index (χ3n) is 5.42. The van der Waals surface area contributed by atoms with E-state index in [1.54, 1.807) is 13.2 Å². The highest BCUT2D eigenvalue weighted by atomic mass is 35.5. The third kappa shape index (κ3) is 4.80. The second kappa shape index (κ2) is 9.30. The van der Waals surface area contributed by atoms with Gasteiger partial charge in [0.05, 0.1) is 6.20 Å². The van der Waals surface area contributed by atoms with E-state index in [0.29, 0.717) is 28.2 Å². The molecule has 9 heteroatoms. The van der Waals surface area contributed by atoms with Crippen molar-refractivity contribution in [2.75, 3.05) is 17.7 Å². The number of benzene rings is 2. The minimum absolute atomic E-state index is 0.103. The number of amides is 1. The molecule has 0 bridgehead atoms. The molecule has 0 saturated heterocycles. The van der Waals surface area contributed by atoms with Crippen LogP contribution < -0.4 is 16.0 Å². The van der Waals surface area contributed by atoms with E-state index in [0.717, 1.165) is 33.6 Å². The van der Waals surface area contributed by atoms with Gasteiger partial charge in [-0.25, -0.2) is 4.98 Å². The molecule has 0 saturated carbocycles. The molecule has 2 aromatic heterocycles. The van der Waals surface area contributed by atoms with Crippen LogP contribution in [0.4, 0.5) is 23.3 Å². The molecule has 33 heavy (non-hydrogen) atoms. The summed E-state index contributed by atoms with van der Waals surface area (Å²) in [5, 5.41) is 16.4. The molecule has 4 rings (SSSR count). The predicted molar refractivity (Wildman–Crippen MR) is 132 cm³/mol. The Morgan fingerprint density at radius 3 is 2.42 bits per heavy atom. The van der Waals surface area contributed by atoms with E-state index in [1.807, 2.05) is 56.3 Å². The normalized spacial score (nSPS) is 10.7. The van der Waals surface area contributed by atoms with Gasteiger partial charge in [-0.05, 0) is 61.2 Å². The Morgan fingerprint density at radius 1 is 1.00 bits per heavy atom. The number of rotatable bonds is 6. The fourth-order valence-corrected chi connectivity index (χ4v) is 3.59. The lowest BCUT2D eigenvalue weighted by molar-refractivity contribution is 0.0963. The molecule has 8 nitrogen and oxygen atoms in total. The van der Waals surface area contributed by atoms with E-state index in [-0.39, 0.29) is 5.91 Å². The number of carbonyl (C=O) groups is 1. The number of anilines is 4. The molecule has 4 N–H and O–H groups in total. The maximum Gasteiger partial charge on any atom is 0.251 e. The van der Waals surface area contributed by atoms with Crippen molar-refractivity contribution in [2.45, 2.75) is 20.8 Å². The van der Waals surface area contributed by atoms with Gasteiger partial charge in [0, 0.05) is 30.1 Å². The van der Waals surface area contributed by atoms with Gasteiger partial charge in [0.15, 0.2) is 11.6 Å². The number of hydrogen-bond donors (Lipinski definition) is 4. The van der Waals surface area contributed by atoms with Crippen LogP contribution in [0.5, 0.6) is 0 Å². The van der Waals surface area contributed by atoms with Gasteiger partial charge >= 0.3 is 0 Å². The van der Waals surface area contributed by atoms with Crippen molar-refractivity contribution < 1.29 is 4.79 Å². The monoisotopic (exact) mass is 461 g/mol. The molecule has 0 radical (unpaired) electrons. The van der Waals surface area contributed by atoms with Gasteiger partial charge in [0.25, 0.3) is 5.91 Å². The number of carbonyl (C=O) groups excluding carboxylic acids is 1. The van der Waals surface area contributed by atoms with E-state index in [1.165, 1.54) is 0 Å². The van der Waals surface area contributed by atoms with E-state index in [2.05, 4.69) is 43.0 Å². The van der Waals surface area contributed by atoms with Crippen molar-refractivity contribution in [3.63, 3.8) is 0 Å². The Morgan fingerprint density at radius 2 is 1.76 bits per heavy atom. The number of H-pyrrole nitrogens is 1. The number of halogens is 1. The molecule has 0 unspecified atom stereocenters. The lowest BCUT2D eigenvalue weighted by Gasteiger charge is -2.15. The lowest BCUT2D eigenvalue weighted by atomic mass is 9.95. The van der Waals surface area contributed by atoms with Gasteiger partial charge in [-0.1, -0.05) is 29.8 Å². The first kappa shape index (κ1) is 22.3. The van der Waals surface area contributed by atoms with Gasteiger partial charge in [-0.15, -0.1) is 0 Å². The Kier molecular flexibility index (Phi) is 6.28. The highest BCUT2D eigenvalue weighted by molar-refractivity contribution is 6.32. The molecule has 4 aromatic rings. The third-order valence-corrected chi connectivity index (χ3v) is 5.69. The lowest BCUT2D eigenvalue weighted by Crippen LogP contribution is -2.17. The average molecular weight is 462 g/mol. The van der Waals surface area contributed by atoms with Crippen molar-refractivity contribution in [2.24, 2.45) is 0 Å². The van der Waals surface area contributed by atoms with Crippen molar-refractivity contribution in [1.82, 2.24) is 25.5 Å². The van der Waals surface area contributed by atoms with E-state index < -0.39 is 0 Å². The standard InChI is InChI=1S/C24H24ClN7O/c1-13-11-21(32-31-13)29-22-19(25)12-27-24(30-22)28-20-10-9-18(14(2)15(20)3)16-5-7-17(8-6-16)23(33)26-4/h5-12H,1-4H3,(H,26,33)(H3,27,28,29,30,31,32). The van der Waals surface area contributed by atoms with Gasteiger partial charge in [-0.2, -0.15) is 10.1 Å². The molecule has 0 aliphatic carbocycles. The first-order valence-electron chi connectivity index (χ1n) is 10.4. The van der Waals surface area contributed by atoms with Crippen LogP contribution in [-0.4, -0.2) is 33.1 Å². The number of nitrogens with zero attached hydrogens (tertiary/aromatic N) is 3. The van der Waals surface area contributed by atoms with Crippen LogP contribution in [0.1, 0.15) is 27.2 Å². The fraction of sp³-hybridized carbons (Fsp3) is 0.167. The number of aromatic amines is 1. The van der Waals surface area contributed by atoms with Crippen LogP contribution in [0, 0.1) is 20.8 Å². The molecule has 0 fully saturated rings. The molecule has 1 amide bonds. The van der Waals surface area contributed by atoms with Crippen LogP contribution in [-0.2, 0) is 0 Å². The molecule has 168 valence electrons. The van der Waals surface area contributed by atoms with Crippen molar-refractivity contribution in [1.29, 1.82) is 0 Å². The van der Waals surface area contributed by atoms with E-state index in [9.17, 15) is 4.79 Å². The highest BCUT2D eigenvalue weighted by Crippen LogP contribution is 2.32. The topological polar surface area (TPSA) is 108 Å². The molecule has 2 heterocycles.